The van der Waals surface area contributed by atoms with Crippen molar-refractivity contribution in [3.8, 4) is 5.75 Å². The lowest BCUT2D eigenvalue weighted by Gasteiger charge is -2.05. The Morgan fingerprint density at radius 2 is 2.07 bits per heavy atom. The van der Waals surface area contributed by atoms with Gasteiger partial charge in [-0.05, 0) is 14.0 Å². The minimum Gasteiger partial charge on any atom is -0.491 e. The highest BCUT2D eigenvalue weighted by molar-refractivity contribution is 5.85. The molecule has 0 bridgehead atoms. The number of aromatic nitrogens is 1. The van der Waals surface area contributed by atoms with E-state index in [9.17, 15) is 4.79 Å². The summed E-state index contributed by atoms with van der Waals surface area (Å²) in [6.07, 6.45) is 1.71. The first-order valence-corrected chi connectivity index (χ1v) is 4.10. The second kappa shape index (κ2) is 7.56. The number of ether oxygens (including phenoxy) is 1. The molecule has 0 saturated carbocycles. The zero-order valence-corrected chi connectivity index (χ0v) is 10.6. The molecule has 0 saturated heterocycles. The molecule has 4 nitrogen and oxygen atoms in total. The second-order valence-electron chi connectivity index (χ2n) is 2.83. The van der Waals surface area contributed by atoms with Crippen molar-refractivity contribution in [1.29, 1.82) is 0 Å². The third kappa shape index (κ3) is 3.74. The largest absolute Gasteiger partial charge is 0.491 e. The van der Waals surface area contributed by atoms with Crippen LogP contribution in [0.2, 0.25) is 0 Å². The first-order valence-electron chi connectivity index (χ1n) is 4.10. The summed E-state index contributed by atoms with van der Waals surface area (Å²) in [7, 11) is 3.30. The van der Waals surface area contributed by atoms with Gasteiger partial charge in [-0.3, -0.25) is 4.79 Å². The molecule has 0 amide bonds. The predicted octanol–water partition coefficient (Wildman–Crippen LogP) is 1.25. The minimum atomic E-state index is -0.0481. The van der Waals surface area contributed by atoms with Crippen molar-refractivity contribution in [2.24, 2.45) is 0 Å². The van der Waals surface area contributed by atoms with Gasteiger partial charge in [-0.2, -0.15) is 0 Å². The molecule has 2 N–H and O–H groups in total. The van der Waals surface area contributed by atoms with E-state index in [1.165, 1.54) is 7.11 Å². The molecule has 0 fully saturated rings. The molecule has 0 spiro atoms. The van der Waals surface area contributed by atoms with Crippen LogP contribution in [-0.2, 0) is 6.54 Å². The minimum absolute atomic E-state index is 0. The maximum atomic E-state index is 11.6. The number of methoxy groups -OCH3 is 1. The van der Waals surface area contributed by atoms with Crippen LogP contribution in [0.25, 0.3) is 0 Å². The number of aryl methyl sites for hydroxylation is 1. The van der Waals surface area contributed by atoms with Gasteiger partial charge < -0.3 is 15.0 Å². The van der Waals surface area contributed by atoms with Crippen LogP contribution in [0.5, 0.6) is 5.75 Å². The molecule has 88 valence electrons. The van der Waals surface area contributed by atoms with Crippen LogP contribution in [-0.4, -0.2) is 19.1 Å². The Labute approximate surface area is 101 Å². The van der Waals surface area contributed by atoms with E-state index in [0.717, 1.165) is 5.69 Å². The fourth-order valence-corrected chi connectivity index (χ4v) is 1.21. The fourth-order valence-electron chi connectivity index (χ4n) is 1.21. The van der Waals surface area contributed by atoms with Gasteiger partial charge in [0.2, 0.25) is 5.43 Å². The van der Waals surface area contributed by atoms with Gasteiger partial charge in [0.25, 0.3) is 0 Å². The summed E-state index contributed by atoms with van der Waals surface area (Å²) < 4.78 is 4.99. The Morgan fingerprint density at radius 1 is 1.47 bits per heavy atom. The van der Waals surface area contributed by atoms with E-state index in [0.29, 0.717) is 17.9 Å². The van der Waals surface area contributed by atoms with E-state index in [-0.39, 0.29) is 30.2 Å². The zero-order chi connectivity index (χ0) is 9.84. The molecular weight excluding hydrogens is 239 g/mol. The second-order valence-corrected chi connectivity index (χ2v) is 2.83. The van der Waals surface area contributed by atoms with Crippen molar-refractivity contribution >= 4 is 24.8 Å². The molecule has 15 heavy (non-hydrogen) atoms. The summed E-state index contributed by atoms with van der Waals surface area (Å²) in [5, 5.41) is 2.92. The molecule has 0 radical (unpaired) electrons. The Bertz CT molecular complexity index is 352. The van der Waals surface area contributed by atoms with Gasteiger partial charge in [-0.15, -0.1) is 24.8 Å². The summed E-state index contributed by atoms with van der Waals surface area (Å²) >= 11 is 0. The van der Waals surface area contributed by atoms with Crippen LogP contribution in [0.1, 0.15) is 11.3 Å². The summed E-state index contributed by atoms with van der Waals surface area (Å²) in [6.45, 7) is 2.36. The van der Waals surface area contributed by atoms with E-state index < -0.39 is 0 Å². The van der Waals surface area contributed by atoms with Gasteiger partial charge in [0.05, 0.1) is 12.8 Å². The number of rotatable bonds is 3. The van der Waals surface area contributed by atoms with Crippen LogP contribution >= 0.6 is 24.8 Å². The van der Waals surface area contributed by atoms with Crippen molar-refractivity contribution in [2.45, 2.75) is 13.5 Å². The molecule has 0 unspecified atom stereocenters. The van der Waals surface area contributed by atoms with Crippen LogP contribution < -0.4 is 15.5 Å². The summed E-state index contributed by atoms with van der Waals surface area (Å²) in [5.41, 5.74) is 1.39. The van der Waals surface area contributed by atoms with Crippen molar-refractivity contribution in [1.82, 2.24) is 10.3 Å². The molecule has 6 heteroatoms. The molecule has 1 rings (SSSR count). The molecule has 0 aliphatic rings. The van der Waals surface area contributed by atoms with Gasteiger partial charge in [-0.25, -0.2) is 0 Å². The molecule has 0 aliphatic carbocycles. The highest BCUT2D eigenvalue weighted by Gasteiger charge is 2.07. The number of hydrogen-bond donors (Lipinski definition) is 2. The quantitative estimate of drug-likeness (QED) is 0.854. The number of pyridine rings is 1. The van der Waals surface area contributed by atoms with Gasteiger partial charge >= 0.3 is 0 Å². The highest BCUT2D eigenvalue weighted by atomic mass is 35.5. The normalized spacial score (nSPS) is 8.73. The molecule has 0 aliphatic heterocycles. The first kappa shape index (κ1) is 16.7. The van der Waals surface area contributed by atoms with E-state index in [4.69, 9.17) is 4.74 Å². The van der Waals surface area contributed by atoms with Crippen molar-refractivity contribution in [3.63, 3.8) is 0 Å². The van der Waals surface area contributed by atoms with Gasteiger partial charge in [0, 0.05) is 18.3 Å². The Kier molecular flexibility index (Phi) is 8.43. The SMILES string of the molecule is CNCc1c[nH]c(C)c(OC)c1=O.Cl.Cl. The number of hydrogen-bond acceptors (Lipinski definition) is 3. The first-order chi connectivity index (χ1) is 6.20. The summed E-state index contributed by atoms with van der Waals surface area (Å²) in [6, 6.07) is 0. The van der Waals surface area contributed by atoms with Crippen molar-refractivity contribution in [2.75, 3.05) is 14.2 Å². The lowest BCUT2D eigenvalue weighted by Crippen LogP contribution is -2.18. The average molecular weight is 255 g/mol. The lowest BCUT2D eigenvalue weighted by atomic mass is 10.2. The Hall–Kier alpha value is -0.710. The maximum absolute atomic E-state index is 11.6. The third-order valence-electron chi connectivity index (χ3n) is 1.87. The topological polar surface area (TPSA) is 54.1 Å². The highest BCUT2D eigenvalue weighted by Crippen LogP contribution is 2.08. The van der Waals surface area contributed by atoms with Gasteiger partial charge in [0.1, 0.15) is 0 Å². The average Bonchev–Trinajstić information content (AvgIpc) is 2.11. The summed E-state index contributed by atoms with van der Waals surface area (Å²) in [4.78, 5) is 14.6. The lowest BCUT2D eigenvalue weighted by molar-refractivity contribution is 0.404. The van der Waals surface area contributed by atoms with Crippen LogP contribution in [0.4, 0.5) is 0 Å². The molecule has 1 aromatic heterocycles. The predicted molar refractivity (Wildman–Crippen MR) is 65.6 cm³/mol. The van der Waals surface area contributed by atoms with E-state index in [1.807, 2.05) is 6.92 Å². The number of H-pyrrole nitrogens is 1. The van der Waals surface area contributed by atoms with Crippen LogP contribution in [0.3, 0.4) is 0 Å². The molecule has 0 atom stereocenters. The van der Waals surface area contributed by atoms with Crippen LogP contribution in [0.15, 0.2) is 11.0 Å². The van der Waals surface area contributed by atoms with E-state index in [2.05, 4.69) is 10.3 Å². The smallest absolute Gasteiger partial charge is 0.228 e. The standard InChI is InChI=1S/C9H14N2O2.2ClH/c1-6-9(13-3)8(12)7(4-10-2)5-11-6;;/h5,10H,4H2,1-3H3,(H,11,12);2*1H. The fraction of sp³-hybridized carbons (Fsp3) is 0.444. The van der Waals surface area contributed by atoms with Gasteiger partial charge in [0.15, 0.2) is 5.75 Å². The van der Waals surface area contributed by atoms with Crippen molar-refractivity contribution < 1.29 is 4.74 Å². The monoisotopic (exact) mass is 254 g/mol. The number of aromatic amines is 1. The molecule has 1 heterocycles. The molecular formula is C9H16Cl2N2O2. The Balaban J connectivity index is 0. The maximum Gasteiger partial charge on any atom is 0.228 e. The third-order valence-corrected chi connectivity index (χ3v) is 1.87. The number of halogens is 2. The van der Waals surface area contributed by atoms with Crippen molar-refractivity contribution in [3.05, 3.63) is 27.7 Å². The van der Waals surface area contributed by atoms with E-state index in [1.54, 1.807) is 13.2 Å². The Morgan fingerprint density at radius 3 is 2.53 bits per heavy atom. The van der Waals surface area contributed by atoms with Gasteiger partial charge in [-0.1, -0.05) is 0 Å². The zero-order valence-electron chi connectivity index (χ0n) is 8.92. The van der Waals surface area contributed by atoms with E-state index >= 15 is 0 Å². The number of nitrogens with one attached hydrogen (secondary N) is 2. The molecule has 1 aromatic rings. The summed E-state index contributed by atoms with van der Waals surface area (Å²) in [5.74, 6) is 0.396. The van der Waals surface area contributed by atoms with Crippen LogP contribution in [0, 0.1) is 6.92 Å². The molecule has 0 aromatic carbocycles.